The summed E-state index contributed by atoms with van der Waals surface area (Å²) < 4.78 is 5.48. The molecule has 2 N–H and O–H groups in total. The van der Waals surface area contributed by atoms with Gasteiger partial charge in [0.1, 0.15) is 0 Å². The minimum Gasteiger partial charge on any atom is -0.393 e. The second-order valence-electron chi connectivity index (χ2n) is 6.37. The fourth-order valence-corrected chi connectivity index (χ4v) is 5.81. The lowest BCUT2D eigenvalue weighted by atomic mass is 9.68. The highest BCUT2D eigenvalue weighted by atomic mass is 16.5. The topological polar surface area (TPSA) is 49.7 Å². The van der Waals surface area contributed by atoms with Gasteiger partial charge in [0.25, 0.3) is 0 Å². The predicted molar refractivity (Wildman–Crippen MR) is 57.6 cm³/mol. The van der Waals surface area contributed by atoms with Crippen LogP contribution in [0.3, 0.4) is 0 Å². The Morgan fingerprint density at radius 2 is 1.75 bits per heavy atom. The zero-order valence-corrected chi connectivity index (χ0v) is 9.62. The van der Waals surface area contributed by atoms with Gasteiger partial charge in [0.15, 0.2) is 0 Å². The number of fused-ring (bicyclic) bond motifs is 9. The molecule has 0 radical (unpaired) electrons. The molecule has 0 saturated heterocycles. The molecule has 4 rings (SSSR count). The van der Waals surface area contributed by atoms with Crippen molar-refractivity contribution in [3.8, 4) is 0 Å². The molecule has 3 heteroatoms. The average Bonchev–Trinajstić information content (AvgIpc) is 2.92. The molecule has 0 aliphatic heterocycles. The highest BCUT2D eigenvalue weighted by molar-refractivity contribution is 5.16. The van der Waals surface area contributed by atoms with Gasteiger partial charge >= 0.3 is 0 Å². The van der Waals surface area contributed by atoms with E-state index in [2.05, 4.69) is 0 Å². The quantitative estimate of drug-likeness (QED) is 0.643. The molecule has 0 spiro atoms. The van der Waals surface area contributed by atoms with Crippen LogP contribution in [0.1, 0.15) is 19.3 Å². The first-order chi connectivity index (χ1) is 7.72. The Labute approximate surface area is 95.8 Å². The summed E-state index contributed by atoms with van der Waals surface area (Å²) in [5.74, 6) is 3.51. The number of aliphatic hydroxyl groups is 2. The lowest BCUT2D eigenvalue weighted by Crippen LogP contribution is -2.47. The highest BCUT2D eigenvalue weighted by Gasteiger charge is 2.67. The van der Waals surface area contributed by atoms with Crippen molar-refractivity contribution in [2.75, 3.05) is 7.11 Å². The summed E-state index contributed by atoms with van der Waals surface area (Å²) in [6.45, 7) is 0. The molecule has 4 aliphatic carbocycles. The minimum absolute atomic E-state index is 0.0396. The standard InChI is InChI=1S/C13H20O3/c1-16-13-8-4-7(12(13)15)10-5-2-6(11(8)10)9(14)3-5/h5-15H,2-4H2,1H3. The van der Waals surface area contributed by atoms with Gasteiger partial charge in [0.2, 0.25) is 0 Å². The van der Waals surface area contributed by atoms with Gasteiger partial charge in [-0.25, -0.2) is 0 Å². The Balaban J connectivity index is 1.69. The van der Waals surface area contributed by atoms with Gasteiger partial charge in [0.05, 0.1) is 18.3 Å². The van der Waals surface area contributed by atoms with Crippen LogP contribution in [0.25, 0.3) is 0 Å². The summed E-state index contributed by atoms with van der Waals surface area (Å²) in [7, 11) is 1.72. The van der Waals surface area contributed by atoms with Gasteiger partial charge in [-0.3, -0.25) is 0 Å². The van der Waals surface area contributed by atoms with Crippen LogP contribution in [0.5, 0.6) is 0 Å². The molecule has 9 unspecified atom stereocenters. The predicted octanol–water partition coefficient (Wildman–Crippen LogP) is 0.645. The molecule has 0 amide bonds. The highest BCUT2D eigenvalue weighted by Crippen LogP contribution is 2.67. The number of aliphatic hydroxyl groups excluding tert-OH is 2. The number of ether oxygens (including phenoxy) is 1. The molecule has 3 nitrogen and oxygen atoms in total. The molecule has 4 saturated carbocycles. The van der Waals surface area contributed by atoms with Crippen molar-refractivity contribution in [1.82, 2.24) is 0 Å². The van der Waals surface area contributed by atoms with E-state index in [1.165, 1.54) is 6.42 Å². The molecule has 0 aromatic carbocycles. The third-order valence-corrected chi connectivity index (χ3v) is 6.10. The first-order valence-electron chi connectivity index (χ1n) is 6.61. The summed E-state index contributed by atoms with van der Waals surface area (Å²) in [6.07, 6.45) is 3.05. The molecule has 4 bridgehead atoms. The van der Waals surface area contributed by atoms with Crippen LogP contribution < -0.4 is 0 Å². The van der Waals surface area contributed by atoms with Crippen molar-refractivity contribution in [1.29, 1.82) is 0 Å². The average molecular weight is 224 g/mol. The van der Waals surface area contributed by atoms with Crippen LogP contribution in [0.15, 0.2) is 0 Å². The van der Waals surface area contributed by atoms with Crippen molar-refractivity contribution >= 4 is 0 Å². The van der Waals surface area contributed by atoms with E-state index in [1.807, 2.05) is 0 Å². The van der Waals surface area contributed by atoms with E-state index in [9.17, 15) is 10.2 Å². The smallest absolute Gasteiger partial charge is 0.0864 e. The van der Waals surface area contributed by atoms with E-state index in [0.29, 0.717) is 35.5 Å². The summed E-state index contributed by atoms with van der Waals surface area (Å²) in [5.41, 5.74) is 0. The van der Waals surface area contributed by atoms with Crippen LogP contribution >= 0.6 is 0 Å². The third-order valence-electron chi connectivity index (χ3n) is 6.10. The summed E-state index contributed by atoms with van der Waals surface area (Å²) in [4.78, 5) is 0. The fourth-order valence-electron chi connectivity index (χ4n) is 5.81. The zero-order chi connectivity index (χ0) is 11.0. The van der Waals surface area contributed by atoms with E-state index in [4.69, 9.17) is 4.74 Å². The fraction of sp³-hybridized carbons (Fsp3) is 1.00. The van der Waals surface area contributed by atoms with Crippen molar-refractivity contribution in [3.63, 3.8) is 0 Å². The summed E-state index contributed by atoms with van der Waals surface area (Å²) in [5, 5.41) is 20.2. The maximum Gasteiger partial charge on any atom is 0.0864 e. The Kier molecular flexibility index (Phi) is 1.85. The molecule has 90 valence electrons. The Morgan fingerprint density at radius 1 is 0.938 bits per heavy atom. The van der Waals surface area contributed by atoms with Gasteiger partial charge in [-0.2, -0.15) is 0 Å². The monoisotopic (exact) mass is 224 g/mol. The van der Waals surface area contributed by atoms with Gasteiger partial charge in [-0.05, 0) is 54.8 Å². The number of hydrogen-bond acceptors (Lipinski definition) is 3. The minimum atomic E-state index is -0.243. The molecule has 4 fully saturated rings. The van der Waals surface area contributed by atoms with Crippen molar-refractivity contribution in [2.45, 2.75) is 37.6 Å². The van der Waals surface area contributed by atoms with E-state index >= 15 is 0 Å². The van der Waals surface area contributed by atoms with Crippen molar-refractivity contribution < 1.29 is 14.9 Å². The van der Waals surface area contributed by atoms with Crippen LogP contribution in [-0.4, -0.2) is 35.6 Å². The van der Waals surface area contributed by atoms with Gasteiger partial charge in [0, 0.05) is 7.11 Å². The van der Waals surface area contributed by atoms with E-state index < -0.39 is 0 Å². The van der Waals surface area contributed by atoms with Crippen molar-refractivity contribution in [3.05, 3.63) is 0 Å². The largest absolute Gasteiger partial charge is 0.393 e. The third kappa shape index (κ3) is 0.925. The Bertz CT molecular complexity index is 318. The van der Waals surface area contributed by atoms with Crippen LogP contribution in [0.4, 0.5) is 0 Å². The molecule has 16 heavy (non-hydrogen) atoms. The molecule has 4 aliphatic rings. The lowest BCUT2D eigenvalue weighted by molar-refractivity contribution is -0.100. The molecule has 0 aromatic heterocycles. The van der Waals surface area contributed by atoms with Gasteiger partial charge in [-0.1, -0.05) is 0 Å². The molecule has 0 aromatic rings. The van der Waals surface area contributed by atoms with Crippen molar-refractivity contribution in [2.24, 2.45) is 35.5 Å². The van der Waals surface area contributed by atoms with E-state index in [-0.39, 0.29) is 18.3 Å². The molecular weight excluding hydrogens is 204 g/mol. The van der Waals surface area contributed by atoms with Crippen LogP contribution in [-0.2, 0) is 4.74 Å². The Hall–Kier alpha value is -0.120. The summed E-state index contributed by atoms with van der Waals surface area (Å²) in [6, 6.07) is 0. The number of methoxy groups -OCH3 is 1. The van der Waals surface area contributed by atoms with Crippen LogP contribution in [0, 0.1) is 35.5 Å². The maximum absolute atomic E-state index is 10.2. The van der Waals surface area contributed by atoms with Gasteiger partial charge < -0.3 is 14.9 Å². The zero-order valence-electron chi connectivity index (χ0n) is 9.62. The van der Waals surface area contributed by atoms with Crippen LogP contribution in [0.2, 0.25) is 0 Å². The SMILES string of the molecule is COC1C(O)C2CC1C1C3CC(CC3O)C21. The lowest BCUT2D eigenvalue weighted by Gasteiger charge is -2.42. The molecular formula is C13H20O3. The molecule has 0 heterocycles. The number of rotatable bonds is 1. The number of hydrogen-bond donors (Lipinski definition) is 2. The maximum atomic E-state index is 10.2. The van der Waals surface area contributed by atoms with E-state index in [1.54, 1.807) is 7.11 Å². The Morgan fingerprint density at radius 3 is 2.50 bits per heavy atom. The molecule has 9 atom stereocenters. The second kappa shape index (κ2) is 3.01. The van der Waals surface area contributed by atoms with Gasteiger partial charge in [-0.15, -0.1) is 0 Å². The second-order valence-corrected chi connectivity index (χ2v) is 6.37. The van der Waals surface area contributed by atoms with E-state index in [0.717, 1.165) is 12.8 Å². The first kappa shape index (κ1) is 9.86. The summed E-state index contributed by atoms with van der Waals surface area (Å²) >= 11 is 0. The first-order valence-corrected chi connectivity index (χ1v) is 6.61. The normalized spacial score (nSPS) is 66.6.